The zero-order valence-corrected chi connectivity index (χ0v) is 18.2. The fourth-order valence-electron chi connectivity index (χ4n) is 3.91. The maximum atomic E-state index is 13.0. The summed E-state index contributed by atoms with van der Waals surface area (Å²) in [4.78, 5) is 25.8. The molecule has 2 aliphatic heterocycles. The maximum absolute atomic E-state index is 13.0. The topological polar surface area (TPSA) is 103 Å². The number of rotatable bonds is 3. The van der Waals surface area contributed by atoms with Gasteiger partial charge in [0.2, 0.25) is 12.1 Å². The second-order valence-electron chi connectivity index (χ2n) is 7.59. The van der Waals surface area contributed by atoms with E-state index < -0.39 is 6.10 Å². The van der Waals surface area contributed by atoms with Crippen LogP contribution >= 0.6 is 11.6 Å². The number of hydrogen-bond acceptors (Lipinski definition) is 8. The average molecular weight is 456 g/mol. The number of ether oxygens (including phenoxy) is 3. The first-order valence-corrected chi connectivity index (χ1v) is 10.6. The molecule has 5 rings (SSSR count). The summed E-state index contributed by atoms with van der Waals surface area (Å²) >= 11 is 6.20. The van der Waals surface area contributed by atoms with E-state index in [1.165, 1.54) is 0 Å². The van der Waals surface area contributed by atoms with Gasteiger partial charge < -0.3 is 29.7 Å². The fraction of sp³-hybridized carbons (Fsp3) is 0.318. The number of fused-ring (bicyclic) bond motifs is 2. The minimum Gasteiger partial charge on any atom is -0.495 e. The molecule has 3 heterocycles. The van der Waals surface area contributed by atoms with Gasteiger partial charge in [-0.25, -0.2) is 4.98 Å². The van der Waals surface area contributed by atoms with Gasteiger partial charge in [0.25, 0.3) is 5.91 Å². The summed E-state index contributed by atoms with van der Waals surface area (Å²) in [6, 6.07) is 10.8. The number of nitrogens with zero attached hydrogens (tertiary/aromatic N) is 4. The number of nitrogen functional groups attached to an aromatic ring is 1. The molecule has 32 heavy (non-hydrogen) atoms. The Labute approximate surface area is 189 Å². The average Bonchev–Trinajstić information content (AvgIpc) is 2.83. The Morgan fingerprint density at radius 1 is 1.16 bits per heavy atom. The highest BCUT2D eigenvalue weighted by atomic mass is 35.5. The molecule has 1 saturated heterocycles. The highest BCUT2D eigenvalue weighted by Gasteiger charge is 2.33. The summed E-state index contributed by atoms with van der Waals surface area (Å²) in [6.45, 7) is 2.39. The molecule has 3 aromatic rings. The predicted molar refractivity (Wildman–Crippen MR) is 121 cm³/mol. The smallest absolute Gasteiger partial charge is 0.267 e. The molecule has 1 unspecified atom stereocenters. The Hall–Kier alpha value is -3.46. The number of para-hydroxylation sites is 2. The molecule has 0 radical (unpaired) electrons. The number of carbonyl (C=O) groups is 1. The molecule has 2 aromatic carbocycles. The van der Waals surface area contributed by atoms with Gasteiger partial charge >= 0.3 is 0 Å². The Bertz CT molecular complexity index is 1180. The minimum absolute atomic E-state index is 0.0857. The monoisotopic (exact) mass is 455 g/mol. The van der Waals surface area contributed by atoms with Crippen molar-refractivity contribution in [2.24, 2.45) is 0 Å². The number of piperazine rings is 1. The molecular formula is C22H22ClN5O4. The number of hydrogen-bond donors (Lipinski definition) is 1. The van der Waals surface area contributed by atoms with Crippen molar-refractivity contribution in [3.63, 3.8) is 0 Å². The van der Waals surface area contributed by atoms with Crippen molar-refractivity contribution < 1.29 is 19.0 Å². The molecule has 2 N–H and O–H groups in total. The first-order chi connectivity index (χ1) is 15.5. The van der Waals surface area contributed by atoms with Crippen molar-refractivity contribution in [1.29, 1.82) is 0 Å². The lowest BCUT2D eigenvalue weighted by Crippen LogP contribution is -2.54. The first kappa shape index (κ1) is 20.4. The second-order valence-corrected chi connectivity index (χ2v) is 8.00. The summed E-state index contributed by atoms with van der Waals surface area (Å²) < 4.78 is 16.8. The van der Waals surface area contributed by atoms with Gasteiger partial charge in [0.05, 0.1) is 17.6 Å². The van der Waals surface area contributed by atoms with E-state index in [-0.39, 0.29) is 12.5 Å². The largest absolute Gasteiger partial charge is 0.495 e. The number of nitrogens with two attached hydrogens (primary N) is 1. The molecule has 0 aliphatic carbocycles. The SMILES string of the molecule is COc1cc2nc(N3CCN(C(=O)C4COc5ccccc5O4)CC3)nc(N)c2cc1Cl. The summed E-state index contributed by atoms with van der Waals surface area (Å²) in [5, 5.41) is 1.12. The Kier molecular flexibility index (Phi) is 5.26. The van der Waals surface area contributed by atoms with E-state index in [1.54, 1.807) is 30.2 Å². The van der Waals surface area contributed by atoms with Crippen LogP contribution in [-0.4, -0.2) is 66.8 Å². The normalized spacial score (nSPS) is 18.0. The van der Waals surface area contributed by atoms with Crippen LogP contribution in [0.5, 0.6) is 17.2 Å². The van der Waals surface area contributed by atoms with E-state index in [9.17, 15) is 4.79 Å². The molecule has 1 fully saturated rings. The van der Waals surface area contributed by atoms with Crippen LogP contribution in [0.4, 0.5) is 11.8 Å². The number of halogens is 1. The third-order valence-electron chi connectivity index (χ3n) is 5.65. The van der Waals surface area contributed by atoms with Crippen molar-refractivity contribution in [1.82, 2.24) is 14.9 Å². The van der Waals surface area contributed by atoms with Gasteiger partial charge in [-0.1, -0.05) is 23.7 Å². The van der Waals surface area contributed by atoms with Gasteiger partial charge in [0, 0.05) is 37.6 Å². The molecule has 0 spiro atoms. The zero-order chi connectivity index (χ0) is 22.2. The van der Waals surface area contributed by atoms with Crippen LogP contribution in [0.3, 0.4) is 0 Å². The van der Waals surface area contributed by atoms with Crippen molar-refractivity contribution in [3.05, 3.63) is 41.4 Å². The summed E-state index contributed by atoms with van der Waals surface area (Å²) in [5.74, 6) is 2.54. The molecule has 1 atom stereocenters. The van der Waals surface area contributed by atoms with E-state index in [0.717, 1.165) is 0 Å². The van der Waals surface area contributed by atoms with Gasteiger partial charge in [-0.05, 0) is 18.2 Å². The fourth-order valence-corrected chi connectivity index (χ4v) is 4.15. The van der Waals surface area contributed by atoms with Crippen LogP contribution in [0.25, 0.3) is 10.9 Å². The quantitative estimate of drug-likeness (QED) is 0.642. The standard InChI is InChI=1S/C22H22ClN5O4/c1-30-18-11-15-13(10-14(18)23)20(24)26-22(25-15)28-8-6-27(7-9-28)21(29)19-12-31-16-4-2-3-5-17(16)32-19/h2-5,10-11,19H,6-9,12H2,1H3,(H2,24,25,26). The van der Waals surface area contributed by atoms with Gasteiger partial charge in [-0.3, -0.25) is 4.79 Å². The molecular weight excluding hydrogens is 434 g/mol. The molecule has 10 heteroatoms. The molecule has 0 saturated carbocycles. The first-order valence-electron chi connectivity index (χ1n) is 10.3. The lowest BCUT2D eigenvalue weighted by molar-refractivity contribution is -0.141. The van der Waals surface area contributed by atoms with E-state index in [4.69, 9.17) is 31.5 Å². The van der Waals surface area contributed by atoms with Gasteiger partial charge in [0.15, 0.2) is 11.5 Å². The van der Waals surface area contributed by atoms with Crippen molar-refractivity contribution in [2.45, 2.75) is 6.10 Å². The Morgan fingerprint density at radius 3 is 2.66 bits per heavy atom. The van der Waals surface area contributed by atoms with Crippen LogP contribution in [0.1, 0.15) is 0 Å². The summed E-state index contributed by atoms with van der Waals surface area (Å²) in [5.41, 5.74) is 6.82. The number of amides is 1. The number of methoxy groups -OCH3 is 1. The van der Waals surface area contributed by atoms with Gasteiger partial charge in [-0.15, -0.1) is 0 Å². The predicted octanol–water partition coefficient (Wildman–Crippen LogP) is 2.36. The molecule has 9 nitrogen and oxygen atoms in total. The number of carbonyl (C=O) groups excluding carboxylic acids is 1. The number of benzene rings is 2. The zero-order valence-electron chi connectivity index (χ0n) is 17.5. The number of aromatic nitrogens is 2. The second kappa shape index (κ2) is 8.23. The highest BCUT2D eigenvalue weighted by molar-refractivity contribution is 6.33. The third-order valence-corrected chi connectivity index (χ3v) is 5.94. The van der Waals surface area contributed by atoms with Crippen LogP contribution in [-0.2, 0) is 4.79 Å². The highest BCUT2D eigenvalue weighted by Crippen LogP contribution is 2.33. The minimum atomic E-state index is -0.652. The van der Waals surface area contributed by atoms with Crippen molar-refractivity contribution in [2.75, 3.05) is 50.5 Å². The summed E-state index contributed by atoms with van der Waals surface area (Å²) in [6.07, 6.45) is -0.652. The van der Waals surface area contributed by atoms with Crippen LogP contribution in [0.15, 0.2) is 36.4 Å². The van der Waals surface area contributed by atoms with E-state index >= 15 is 0 Å². The molecule has 1 amide bonds. The van der Waals surface area contributed by atoms with Crippen LogP contribution in [0, 0.1) is 0 Å². The van der Waals surface area contributed by atoms with Crippen molar-refractivity contribution >= 4 is 40.2 Å². The molecule has 2 aliphatic rings. The lowest BCUT2D eigenvalue weighted by Gasteiger charge is -2.37. The van der Waals surface area contributed by atoms with Gasteiger partial charge in [-0.2, -0.15) is 4.98 Å². The van der Waals surface area contributed by atoms with Crippen LogP contribution < -0.4 is 24.8 Å². The number of anilines is 2. The van der Waals surface area contributed by atoms with E-state index in [1.807, 2.05) is 23.1 Å². The maximum Gasteiger partial charge on any atom is 0.267 e. The lowest BCUT2D eigenvalue weighted by atomic mass is 10.2. The van der Waals surface area contributed by atoms with Gasteiger partial charge in [0.1, 0.15) is 18.2 Å². The Morgan fingerprint density at radius 2 is 1.91 bits per heavy atom. The molecule has 1 aromatic heterocycles. The Balaban J connectivity index is 1.28. The van der Waals surface area contributed by atoms with Crippen LogP contribution in [0.2, 0.25) is 5.02 Å². The molecule has 0 bridgehead atoms. The summed E-state index contributed by atoms with van der Waals surface area (Å²) in [7, 11) is 1.55. The van der Waals surface area contributed by atoms with E-state index in [0.29, 0.717) is 71.1 Å². The molecule has 166 valence electrons. The van der Waals surface area contributed by atoms with E-state index in [2.05, 4.69) is 9.97 Å². The third kappa shape index (κ3) is 3.69. The van der Waals surface area contributed by atoms with Crippen molar-refractivity contribution in [3.8, 4) is 17.2 Å².